The van der Waals surface area contributed by atoms with E-state index in [1.54, 1.807) is 11.8 Å². The number of nitrogens with two attached hydrogens (primary N) is 1. The smallest absolute Gasteiger partial charge is 0.399 e. The number of hydrogen-bond donors (Lipinski definition) is 1. The van der Waals surface area contributed by atoms with Crippen molar-refractivity contribution in [3.63, 3.8) is 0 Å². The zero-order chi connectivity index (χ0) is 14.3. The quantitative estimate of drug-likeness (QED) is 0.681. The van der Waals surface area contributed by atoms with Crippen molar-refractivity contribution in [1.82, 2.24) is 0 Å². The van der Waals surface area contributed by atoms with E-state index in [9.17, 15) is 0 Å². The van der Waals surface area contributed by atoms with Crippen LogP contribution in [0.25, 0.3) is 0 Å². The van der Waals surface area contributed by atoms with E-state index in [0.29, 0.717) is 0 Å². The third-order valence-corrected chi connectivity index (χ3v) is 4.59. The summed E-state index contributed by atoms with van der Waals surface area (Å²) in [6.45, 7) is 8.22. The zero-order valence-corrected chi connectivity index (χ0v) is 13.1. The van der Waals surface area contributed by atoms with Crippen LogP contribution in [0.4, 0.5) is 5.69 Å². The summed E-state index contributed by atoms with van der Waals surface area (Å²) in [5.74, 6) is 0.926. The molecule has 104 valence electrons. The molecule has 1 aliphatic heterocycles. The molecule has 0 saturated carbocycles. The van der Waals surface area contributed by atoms with Crippen LogP contribution in [0.5, 0.6) is 0 Å². The molecule has 3 nitrogen and oxygen atoms in total. The van der Waals surface area contributed by atoms with Gasteiger partial charge in [0.1, 0.15) is 0 Å². The maximum absolute atomic E-state index is 6.09. The molecule has 1 aromatic carbocycles. The van der Waals surface area contributed by atoms with Crippen LogP contribution in [0.15, 0.2) is 18.2 Å². The number of benzene rings is 1. The Labute approximate surface area is 120 Å². The fourth-order valence-corrected chi connectivity index (χ4v) is 2.60. The summed E-state index contributed by atoms with van der Waals surface area (Å²) < 4.78 is 12.0. The average molecular weight is 279 g/mol. The summed E-state index contributed by atoms with van der Waals surface area (Å²) in [7, 11) is -0.337. The first-order valence-corrected chi connectivity index (χ1v) is 7.89. The van der Waals surface area contributed by atoms with E-state index in [1.165, 1.54) is 0 Å². The third kappa shape index (κ3) is 2.78. The van der Waals surface area contributed by atoms with Gasteiger partial charge in [0.05, 0.1) is 11.2 Å². The summed E-state index contributed by atoms with van der Waals surface area (Å²) in [5, 5.41) is 0. The van der Waals surface area contributed by atoms with Gasteiger partial charge in [-0.05, 0) is 51.0 Å². The highest BCUT2D eigenvalue weighted by atomic mass is 32.2. The Morgan fingerprint density at radius 2 is 1.74 bits per heavy atom. The third-order valence-electron chi connectivity index (χ3n) is 4.00. The van der Waals surface area contributed by atoms with Crippen molar-refractivity contribution >= 4 is 30.0 Å². The molecule has 0 radical (unpaired) electrons. The monoisotopic (exact) mass is 279 g/mol. The van der Waals surface area contributed by atoms with Crippen molar-refractivity contribution in [3.8, 4) is 0 Å². The molecule has 5 heteroatoms. The number of rotatable bonds is 3. The molecule has 19 heavy (non-hydrogen) atoms. The average Bonchev–Trinajstić information content (AvgIpc) is 2.51. The maximum atomic E-state index is 6.09. The Morgan fingerprint density at radius 3 is 2.21 bits per heavy atom. The molecule has 0 unspecified atom stereocenters. The largest absolute Gasteiger partial charge is 0.494 e. The Hall–Kier alpha value is -0.645. The molecule has 2 N–H and O–H groups in total. The first-order chi connectivity index (χ1) is 8.77. The van der Waals surface area contributed by atoms with Gasteiger partial charge < -0.3 is 15.0 Å². The van der Waals surface area contributed by atoms with Gasteiger partial charge in [0.2, 0.25) is 0 Å². The molecule has 0 amide bonds. The normalized spacial score (nSPS) is 20.8. The Bertz CT molecular complexity index is 461. The highest BCUT2D eigenvalue weighted by Gasteiger charge is 2.51. The second kappa shape index (κ2) is 5.04. The van der Waals surface area contributed by atoms with Gasteiger partial charge in [-0.3, -0.25) is 0 Å². The predicted octanol–water partition coefficient (Wildman–Crippen LogP) is 2.43. The van der Waals surface area contributed by atoms with Gasteiger partial charge in [-0.25, -0.2) is 0 Å². The maximum Gasteiger partial charge on any atom is 0.494 e. The SMILES string of the molecule is CSCc1ccc(B2OC(C)(C)C(C)(C)O2)cc1N. The molecule has 1 aromatic rings. The first kappa shape index (κ1) is 14.8. The first-order valence-electron chi connectivity index (χ1n) is 6.50. The molecule has 0 aliphatic carbocycles. The van der Waals surface area contributed by atoms with Gasteiger partial charge >= 0.3 is 7.12 Å². The molecule has 1 aliphatic rings. The molecular weight excluding hydrogens is 257 g/mol. The van der Waals surface area contributed by atoms with Crippen LogP contribution >= 0.6 is 11.8 Å². The lowest BCUT2D eigenvalue weighted by atomic mass is 9.78. The number of thioether (sulfide) groups is 1. The molecule has 0 spiro atoms. The molecule has 0 bridgehead atoms. The van der Waals surface area contributed by atoms with Gasteiger partial charge in [-0.15, -0.1) is 0 Å². The molecule has 0 atom stereocenters. The highest BCUT2D eigenvalue weighted by Crippen LogP contribution is 2.36. The molecular formula is C14H22BNO2S. The van der Waals surface area contributed by atoms with Crippen LogP contribution in [0.1, 0.15) is 33.3 Å². The van der Waals surface area contributed by atoms with E-state index in [-0.39, 0.29) is 18.3 Å². The van der Waals surface area contributed by atoms with Crippen molar-refractivity contribution in [2.75, 3.05) is 12.0 Å². The Kier molecular flexibility index (Phi) is 3.91. The van der Waals surface area contributed by atoms with Crippen LogP contribution in [0.3, 0.4) is 0 Å². The van der Waals surface area contributed by atoms with Crippen LogP contribution in [-0.2, 0) is 15.1 Å². The molecule has 0 aromatic heterocycles. The van der Waals surface area contributed by atoms with E-state index >= 15 is 0 Å². The van der Waals surface area contributed by atoms with Crippen molar-refractivity contribution in [2.24, 2.45) is 0 Å². The minimum Gasteiger partial charge on any atom is -0.399 e. The Morgan fingerprint density at radius 1 is 1.16 bits per heavy atom. The van der Waals surface area contributed by atoms with Gasteiger partial charge in [-0.2, -0.15) is 11.8 Å². The number of hydrogen-bond acceptors (Lipinski definition) is 4. The summed E-state index contributed by atoms with van der Waals surface area (Å²) in [6, 6.07) is 6.07. The van der Waals surface area contributed by atoms with E-state index in [0.717, 1.165) is 22.5 Å². The van der Waals surface area contributed by atoms with Crippen molar-refractivity contribution < 1.29 is 9.31 Å². The van der Waals surface area contributed by atoms with Gasteiger partial charge in [0.15, 0.2) is 0 Å². The zero-order valence-electron chi connectivity index (χ0n) is 12.3. The predicted molar refractivity (Wildman–Crippen MR) is 83.8 cm³/mol. The molecule has 2 rings (SSSR count). The minimum atomic E-state index is -0.337. The van der Waals surface area contributed by atoms with Crippen molar-refractivity contribution in [3.05, 3.63) is 23.8 Å². The van der Waals surface area contributed by atoms with E-state index in [2.05, 4.69) is 40.0 Å². The van der Waals surface area contributed by atoms with E-state index < -0.39 is 0 Å². The van der Waals surface area contributed by atoms with Crippen LogP contribution in [0.2, 0.25) is 0 Å². The molecule has 1 heterocycles. The molecule has 1 saturated heterocycles. The Balaban J connectivity index is 2.23. The molecule has 1 fully saturated rings. The lowest BCUT2D eigenvalue weighted by molar-refractivity contribution is 0.00578. The minimum absolute atomic E-state index is 0.315. The van der Waals surface area contributed by atoms with Gasteiger partial charge in [0.25, 0.3) is 0 Å². The van der Waals surface area contributed by atoms with E-state index in [4.69, 9.17) is 15.0 Å². The second-order valence-corrected chi connectivity index (χ2v) is 6.85. The lowest BCUT2D eigenvalue weighted by Gasteiger charge is -2.32. The fraction of sp³-hybridized carbons (Fsp3) is 0.571. The number of anilines is 1. The van der Waals surface area contributed by atoms with Crippen LogP contribution < -0.4 is 11.2 Å². The van der Waals surface area contributed by atoms with Crippen molar-refractivity contribution in [1.29, 1.82) is 0 Å². The van der Waals surface area contributed by atoms with Gasteiger partial charge in [0, 0.05) is 11.4 Å². The summed E-state index contributed by atoms with van der Waals surface area (Å²) in [5.41, 5.74) is 8.41. The fourth-order valence-electron chi connectivity index (χ4n) is 2.03. The second-order valence-electron chi connectivity index (χ2n) is 5.98. The highest BCUT2D eigenvalue weighted by molar-refractivity contribution is 7.97. The van der Waals surface area contributed by atoms with Crippen LogP contribution in [-0.4, -0.2) is 24.6 Å². The van der Waals surface area contributed by atoms with E-state index in [1.807, 2.05) is 12.1 Å². The standard InChI is InChI=1S/C14H22BNO2S/c1-13(2)14(3,4)18-15(17-13)11-7-6-10(9-19-5)12(16)8-11/h6-8H,9,16H2,1-5H3. The summed E-state index contributed by atoms with van der Waals surface area (Å²) in [4.78, 5) is 0. The summed E-state index contributed by atoms with van der Waals surface area (Å²) in [6.07, 6.45) is 2.07. The number of nitrogen functional groups attached to an aromatic ring is 1. The summed E-state index contributed by atoms with van der Waals surface area (Å²) >= 11 is 1.76. The van der Waals surface area contributed by atoms with Crippen LogP contribution in [0, 0.1) is 0 Å². The lowest BCUT2D eigenvalue weighted by Crippen LogP contribution is -2.41. The van der Waals surface area contributed by atoms with Crippen molar-refractivity contribution in [2.45, 2.75) is 44.6 Å². The van der Waals surface area contributed by atoms with Gasteiger partial charge in [-0.1, -0.05) is 12.1 Å². The topological polar surface area (TPSA) is 44.5 Å².